The van der Waals surface area contributed by atoms with Crippen molar-refractivity contribution in [1.82, 2.24) is 15.4 Å². The van der Waals surface area contributed by atoms with Gasteiger partial charge < -0.3 is 4.74 Å². The molecule has 0 saturated carbocycles. The van der Waals surface area contributed by atoms with E-state index in [1.165, 1.54) is 12.1 Å². The van der Waals surface area contributed by atoms with Crippen molar-refractivity contribution in [2.24, 2.45) is 5.41 Å². The van der Waals surface area contributed by atoms with Crippen molar-refractivity contribution in [3.8, 4) is 5.88 Å². The average Bonchev–Trinajstić information content (AvgIpc) is 2.77. The van der Waals surface area contributed by atoms with Crippen molar-refractivity contribution in [2.75, 3.05) is 7.11 Å². The van der Waals surface area contributed by atoms with E-state index in [1.54, 1.807) is 30.5 Å². The van der Waals surface area contributed by atoms with Gasteiger partial charge in [0.1, 0.15) is 5.56 Å². The van der Waals surface area contributed by atoms with Crippen molar-refractivity contribution in [1.29, 1.82) is 0 Å². The zero-order valence-corrected chi connectivity index (χ0v) is 19.6. The van der Waals surface area contributed by atoms with Gasteiger partial charge in [-0.05, 0) is 48.1 Å². The lowest BCUT2D eigenvalue weighted by atomic mass is 9.83. The van der Waals surface area contributed by atoms with Crippen LogP contribution in [0.3, 0.4) is 0 Å². The summed E-state index contributed by atoms with van der Waals surface area (Å²) in [4.78, 5) is 30.9. The minimum Gasteiger partial charge on any atom is -0.480 e. The van der Waals surface area contributed by atoms with Gasteiger partial charge in [-0.3, -0.25) is 15.0 Å². The monoisotopic (exact) mass is 425 g/mol. The van der Waals surface area contributed by atoms with Gasteiger partial charge in [0.05, 0.1) is 13.2 Å². The molecule has 168 valence electrons. The highest BCUT2D eigenvalue weighted by Crippen LogP contribution is 2.30. The quantitative estimate of drug-likeness (QED) is 0.601. The molecule has 2 rings (SSSR count). The minimum absolute atomic E-state index is 0.205. The Labute approximate surface area is 186 Å². The number of benzene rings is 1. The first kappa shape index (κ1) is 24.4. The maximum atomic E-state index is 13.6. The molecule has 0 aliphatic heterocycles. The van der Waals surface area contributed by atoms with Crippen LogP contribution in [0.15, 0.2) is 42.6 Å². The number of aromatic nitrogens is 1. The summed E-state index contributed by atoms with van der Waals surface area (Å²) in [5.74, 6) is -0.411. The van der Waals surface area contributed by atoms with Crippen molar-refractivity contribution < 1.29 is 14.3 Å². The number of carbonyl (C=O) groups is 2. The fourth-order valence-electron chi connectivity index (χ4n) is 3.53. The lowest BCUT2D eigenvalue weighted by Crippen LogP contribution is -2.56. The summed E-state index contributed by atoms with van der Waals surface area (Å²) in [6.45, 7) is 10.4. The van der Waals surface area contributed by atoms with Gasteiger partial charge in [0.2, 0.25) is 5.88 Å². The number of nitrogens with one attached hydrogen (secondary N) is 1. The maximum Gasteiger partial charge on any atom is 0.278 e. The molecule has 1 heterocycles. The fourth-order valence-corrected chi connectivity index (χ4v) is 3.53. The Hall–Kier alpha value is -2.89. The molecule has 6 nitrogen and oxygen atoms in total. The van der Waals surface area contributed by atoms with Crippen LogP contribution in [0.2, 0.25) is 0 Å². The van der Waals surface area contributed by atoms with Crippen LogP contribution in [0.1, 0.15) is 80.2 Å². The van der Waals surface area contributed by atoms with E-state index in [0.717, 1.165) is 31.2 Å². The lowest BCUT2D eigenvalue weighted by Gasteiger charge is -2.40. The van der Waals surface area contributed by atoms with Crippen LogP contribution >= 0.6 is 0 Å². The van der Waals surface area contributed by atoms with E-state index >= 15 is 0 Å². The Balaban J connectivity index is 2.44. The van der Waals surface area contributed by atoms with Crippen LogP contribution < -0.4 is 10.2 Å². The second-order valence-electron chi connectivity index (χ2n) is 8.75. The number of amides is 2. The molecule has 0 aliphatic carbocycles. The first-order valence-corrected chi connectivity index (χ1v) is 10.9. The van der Waals surface area contributed by atoms with E-state index in [-0.39, 0.29) is 29.2 Å². The summed E-state index contributed by atoms with van der Waals surface area (Å²) in [7, 11) is 1.48. The molecular formula is C25H35N3O3. The van der Waals surface area contributed by atoms with Gasteiger partial charge in [0.15, 0.2) is 0 Å². The van der Waals surface area contributed by atoms with Gasteiger partial charge in [-0.2, -0.15) is 0 Å². The number of hydrazine groups is 1. The van der Waals surface area contributed by atoms with Crippen LogP contribution in [0, 0.1) is 5.41 Å². The molecule has 2 aromatic rings. The zero-order chi connectivity index (χ0) is 23.0. The second kappa shape index (κ2) is 10.9. The molecule has 1 unspecified atom stereocenters. The highest BCUT2D eigenvalue weighted by atomic mass is 16.5. The predicted molar refractivity (Wildman–Crippen MR) is 123 cm³/mol. The molecule has 0 bridgehead atoms. The highest BCUT2D eigenvalue weighted by Gasteiger charge is 2.36. The number of nitrogens with zero attached hydrogens (tertiary/aromatic N) is 2. The largest absolute Gasteiger partial charge is 0.480 e. The lowest BCUT2D eigenvalue weighted by molar-refractivity contribution is 0.0264. The van der Waals surface area contributed by atoms with Gasteiger partial charge in [-0.1, -0.05) is 59.6 Å². The van der Waals surface area contributed by atoms with E-state index < -0.39 is 0 Å². The summed E-state index contributed by atoms with van der Waals surface area (Å²) < 4.78 is 5.31. The third-order valence-corrected chi connectivity index (χ3v) is 5.40. The Bertz CT molecular complexity index is 872. The molecule has 0 aliphatic rings. The SMILES string of the molecule is CCCCC(N(NC(=O)c1ccc(CC)cc1)C(=O)c1cccnc1OC)C(C)(C)C. The Morgan fingerprint density at radius 3 is 2.35 bits per heavy atom. The van der Waals surface area contributed by atoms with Crippen LogP contribution in [0.4, 0.5) is 0 Å². The van der Waals surface area contributed by atoms with Crippen LogP contribution in [-0.2, 0) is 6.42 Å². The predicted octanol–water partition coefficient (Wildman–Crippen LogP) is 5.04. The average molecular weight is 426 g/mol. The highest BCUT2D eigenvalue weighted by molar-refractivity contribution is 6.00. The minimum atomic E-state index is -0.334. The van der Waals surface area contributed by atoms with E-state index in [9.17, 15) is 9.59 Å². The number of rotatable bonds is 8. The molecule has 6 heteroatoms. The topological polar surface area (TPSA) is 71.5 Å². The van der Waals surface area contributed by atoms with E-state index in [2.05, 4.69) is 45.0 Å². The van der Waals surface area contributed by atoms with Gasteiger partial charge in [-0.25, -0.2) is 9.99 Å². The molecular weight excluding hydrogens is 390 g/mol. The molecule has 0 saturated heterocycles. The summed E-state index contributed by atoms with van der Waals surface area (Å²) in [6.07, 6.45) is 5.18. The number of hydrogen-bond acceptors (Lipinski definition) is 4. The summed E-state index contributed by atoms with van der Waals surface area (Å²) in [5.41, 5.74) is 4.63. The molecule has 1 aromatic carbocycles. The molecule has 1 atom stereocenters. The van der Waals surface area contributed by atoms with Crippen molar-refractivity contribution in [3.63, 3.8) is 0 Å². The Morgan fingerprint density at radius 2 is 1.81 bits per heavy atom. The fraction of sp³-hybridized carbons (Fsp3) is 0.480. The standard InChI is InChI=1S/C25H35N3O3/c1-7-9-12-21(25(3,4)5)28(24(30)20-11-10-17-26-23(20)31-6)27-22(29)19-15-13-18(8-2)14-16-19/h10-11,13-17,21H,7-9,12H2,1-6H3,(H,27,29). The Morgan fingerprint density at radius 1 is 1.13 bits per heavy atom. The number of ether oxygens (including phenoxy) is 1. The van der Waals surface area contributed by atoms with Gasteiger partial charge in [-0.15, -0.1) is 0 Å². The first-order chi connectivity index (χ1) is 14.7. The summed E-state index contributed by atoms with van der Waals surface area (Å²) in [5, 5.41) is 1.48. The molecule has 0 spiro atoms. The molecule has 2 amide bonds. The maximum absolute atomic E-state index is 13.6. The molecule has 0 fully saturated rings. The zero-order valence-electron chi connectivity index (χ0n) is 19.6. The number of hydrogen-bond donors (Lipinski definition) is 1. The smallest absolute Gasteiger partial charge is 0.278 e. The van der Waals surface area contributed by atoms with Crippen molar-refractivity contribution in [3.05, 3.63) is 59.3 Å². The Kier molecular flexibility index (Phi) is 8.60. The first-order valence-electron chi connectivity index (χ1n) is 10.9. The van der Waals surface area contributed by atoms with Gasteiger partial charge in [0, 0.05) is 11.8 Å². The van der Waals surface area contributed by atoms with Crippen LogP contribution in [0.5, 0.6) is 5.88 Å². The molecule has 1 aromatic heterocycles. The third-order valence-electron chi connectivity index (χ3n) is 5.40. The summed E-state index contributed by atoms with van der Waals surface area (Å²) in [6, 6.07) is 10.6. The second-order valence-corrected chi connectivity index (χ2v) is 8.75. The molecule has 1 N–H and O–H groups in total. The van der Waals surface area contributed by atoms with Crippen LogP contribution in [0.25, 0.3) is 0 Å². The number of pyridine rings is 1. The molecule has 31 heavy (non-hydrogen) atoms. The van der Waals surface area contributed by atoms with Crippen molar-refractivity contribution in [2.45, 2.75) is 66.3 Å². The van der Waals surface area contributed by atoms with E-state index in [4.69, 9.17) is 4.74 Å². The summed E-state index contributed by atoms with van der Waals surface area (Å²) >= 11 is 0. The van der Waals surface area contributed by atoms with Crippen LogP contribution in [-0.4, -0.2) is 35.0 Å². The number of unbranched alkanes of at least 4 members (excludes halogenated alkanes) is 1. The molecule has 0 radical (unpaired) electrons. The van der Waals surface area contributed by atoms with E-state index in [0.29, 0.717) is 11.1 Å². The number of aryl methyl sites for hydroxylation is 1. The normalized spacial score (nSPS) is 12.2. The number of methoxy groups -OCH3 is 1. The van der Waals surface area contributed by atoms with Gasteiger partial charge >= 0.3 is 0 Å². The number of carbonyl (C=O) groups excluding carboxylic acids is 2. The van der Waals surface area contributed by atoms with E-state index in [1.807, 2.05) is 12.1 Å². The third kappa shape index (κ3) is 6.29. The van der Waals surface area contributed by atoms with Crippen molar-refractivity contribution >= 4 is 11.8 Å². The van der Waals surface area contributed by atoms with Gasteiger partial charge in [0.25, 0.3) is 11.8 Å².